The van der Waals surface area contributed by atoms with E-state index in [1.807, 2.05) is 25.7 Å². The Bertz CT molecular complexity index is 335. The molecule has 116 valence electrons. The van der Waals surface area contributed by atoms with Crippen LogP contribution in [0.5, 0.6) is 0 Å². The Labute approximate surface area is 122 Å². The minimum absolute atomic E-state index is 0.183. The number of rotatable bonds is 3. The number of nitrogens with two attached hydrogens (primary N) is 1. The van der Waals surface area contributed by atoms with Gasteiger partial charge in [0.15, 0.2) is 0 Å². The molecule has 20 heavy (non-hydrogen) atoms. The number of likely N-dealkylation sites (tertiary alicyclic amines) is 2. The van der Waals surface area contributed by atoms with Crippen molar-refractivity contribution in [3.05, 3.63) is 0 Å². The van der Waals surface area contributed by atoms with Crippen molar-refractivity contribution in [1.82, 2.24) is 9.80 Å². The van der Waals surface area contributed by atoms with E-state index in [4.69, 9.17) is 10.5 Å². The Hall–Kier alpha value is -0.810. The average Bonchev–Trinajstić information content (AvgIpc) is 2.98. The molecule has 0 saturated carbocycles. The van der Waals surface area contributed by atoms with Gasteiger partial charge < -0.3 is 15.4 Å². The van der Waals surface area contributed by atoms with Gasteiger partial charge in [-0.05, 0) is 59.0 Å². The largest absolute Gasteiger partial charge is 0.444 e. The third kappa shape index (κ3) is 3.85. The number of amides is 1. The van der Waals surface area contributed by atoms with Gasteiger partial charge in [-0.25, -0.2) is 4.79 Å². The van der Waals surface area contributed by atoms with Gasteiger partial charge >= 0.3 is 6.09 Å². The van der Waals surface area contributed by atoms with Crippen molar-refractivity contribution < 1.29 is 9.53 Å². The van der Waals surface area contributed by atoms with Crippen molar-refractivity contribution >= 4 is 6.09 Å². The van der Waals surface area contributed by atoms with Crippen LogP contribution in [0.1, 0.15) is 40.0 Å². The molecule has 2 aliphatic rings. The minimum Gasteiger partial charge on any atom is -0.444 e. The first-order valence-corrected chi connectivity index (χ1v) is 7.83. The van der Waals surface area contributed by atoms with Crippen LogP contribution in [0.4, 0.5) is 4.79 Å². The van der Waals surface area contributed by atoms with Gasteiger partial charge in [-0.2, -0.15) is 0 Å². The van der Waals surface area contributed by atoms with Gasteiger partial charge in [-0.3, -0.25) is 4.90 Å². The van der Waals surface area contributed by atoms with Crippen molar-refractivity contribution in [2.75, 3.05) is 32.7 Å². The molecule has 0 bridgehead atoms. The number of carbonyl (C=O) groups excluding carboxylic acids is 1. The van der Waals surface area contributed by atoms with Gasteiger partial charge in [0, 0.05) is 25.7 Å². The van der Waals surface area contributed by atoms with E-state index in [2.05, 4.69) is 4.90 Å². The molecule has 2 saturated heterocycles. The van der Waals surface area contributed by atoms with Crippen molar-refractivity contribution in [2.24, 2.45) is 11.7 Å². The van der Waals surface area contributed by atoms with Gasteiger partial charge in [0.25, 0.3) is 0 Å². The number of carbonyl (C=O) groups is 1. The smallest absolute Gasteiger partial charge is 0.410 e. The monoisotopic (exact) mass is 283 g/mol. The lowest BCUT2D eigenvalue weighted by molar-refractivity contribution is 0.0279. The number of nitrogens with zero attached hydrogens (tertiary/aromatic N) is 2. The normalized spacial score (nSPS) is 26.0. The second kappa shape index (κ2) is 6.31. The van der Waals surface area contributed by atoms with Crippen LogP contribution in [0.25, 0.3) is 0 Å². The summed E-state index contributed by atoms with van der Waals surface area (Å²) in [6.45, 7) is 10.3. The molecule has 2 atom stereocenters. The zero-order valence-corrected chi connectivity index (χ0v) is 13.1. The van der Waals surface area contributed by atoms with E-state index in [-0.39, 0.29) is 6.09 Å². The van der Waals surface area contributed by atoms with Crippen LogP contribution < -0.4 is 5.73 Å². The lowest BCUT2D eigenvalue weighted by Crippen LogP contribution is -2.45. The van der Waals surface area contributed by atoms with E-state index >= 15 is 0 Å². The molecular formula is C15H29N3O2. The Balaban J connectivity index is 1.88. The van der Waals surface area contributed by atoms with Gasteiger partial charge in [0.1, 0.15) is 5.60 Å². The molecule has 1 amide bonds. The number of hydrogen-bond acceptors (Lipinski definition) is 4. The molecule has 0 radical (unpaired) electrons. The maximum absolute atomic E-state index is 12.1. The molecule has 5 heteroatoms. The molecule has 2 unspecified atom stereocenters. The van der Waals surface area contributed by atoms with Gasteiger partial charge in [0.05, 0.1) is 0 Å². The molecule has 0 aromatic rings. The summed E-state index contributed by atoms with van der Waals surface area (Å²) in [7, 11) is 0. The fourth-order valence-electron chi connectivity index (χ4n) is 3.31. The summed E-state index contributed by atoms with van der Waals surface area (Å²) in [5.41, 5.74) is 5.56. The van der Waals surface area contributed by atoms with Gasteiger partial charge in [-0.1, -0.05) is 0 Å². The first-order valence-electron chi connectivity index (χ1n) is 7.83. The molecular weight excluding hydrogens is 254 g/mol. The fourth-order valence-corrected chi connectivity index (χ4v) is 3.31. The third-order valence-electron chi connectivity index (χ3n) is 4.27. The van der Waals surface area contributed by atoms with Gasteiger partial charge in [-0.15, -0.1) is 0 Å². The maximum Gasteiger partial charge on any atom is 0.410 e. The SMILES string of the molecule is CC(C)(C)OC(=O)N1CCC(C(CN)N2CCCC2)C1. The highest BCUT2D eigenvalue weighted by atomic mass is 16.6. The second-order valence-electron chi connectivity index (χ2n) is 7.02. The Morgan fingerprint density at radius 3 is 2.50 bits per heavy atom. The topological polar surface area (TPSA) is 58.8 Å². The van der Waals surface area contributed by atoms with E-state index in [1.54, 1.807) is 0 Å². The van der Waals surface area contributed by atoms with Crippen LogP contribution in [0.15, 0.2) is 0 Å². The average molecular weight is 283 g/mol. The summed E-state index contributed by atoms with van der Waals surface area (Å²) in [4.78, 5) is 16.4. The molecule has 2 fully saturated rings. The van der Waals surface area contributed by atoms with Crippen molar-refractivity contribution in [1.29, 1.82) is 0 Å². The van der Waals surface area contributed by atoms with Gasteiger partial charge in [0.2, 0.25) is 0 Å². The van der Waals surface area contributed by atoms with Crippen LogP contribution in [0.2, 0.25) is 0 Å². The molecule has 0 spiro atoms. The zero-order valence-electron chi connectivity index (χ0n) is 13.1. The van der Waals surface area contributed by atoms with Crippen LogP contribution in [-0.4, -0.2) is 60.3 Å². The number of hydrogen-bond donors (Lipinski definition) is 1. The van der Waals surface area contributed by atoms with E-state index in [9.17, 15) is 4.79 Å². The quantitative estimate of drug-likeness (QED) is 0.856. The highest BCUT2D eigenvalue weighted by Crippen LogP contribution is 2.26. The minimum atomic E-state index is -0.419. The van der Waals surface area contributed by atoms with E-state index in [0.29, 0.717) is 18.5 Å². The molecule has 2 rings (SSSR count). The summed E-state index contributed by atoms with van der Waals surface area (Å²) in [5, 5.41) is 0. The summed E-state index contributed by atoms with van der Waals surface area (Å²) >= 11 is 0. The van der Waals surface area contributed by atoms with Crippen LogP contribution in [-0.2, 0) is 4.74 Å². The summed E-state index contributed by atoms with van der Waals surface area (Å²) in [6.07, 6.45) is 3.41. The Morgan fingerprint density at radius 2 is 1.95 bits per heavy atom. The van der Waals surface area contributed by atoms with Crippen LogP contribution in [0.3, 0.4) is 0 Å². The summed E-state index contributed by atoms with van der Waals surface area (Å²) < 4.78 is 5.45. The fraction of sp³-hybridized carbons (Fsp3) is 0.933. The van der Waals surface area contributed by atoms with Crippen molar-refractivity contribution in [3.8, 4) is 0 Å². The Kier molecular flexibility index (Phi) is 4.91. The zero-order chi connectivity index (χ0) is 14.8. The van der Waals surface area contributed by atoms with Crippen LogP contribution >= 0.6 is 0 Å². The third-order valence-corrected chi connectivity index (χ3v) is 4.27. The molecule has 0 aromatic heterocycles. The standard InChI is InChI=1S/C15H29N3O2/c1-15(2,3)20-14(19)18-9-6-12(11-18)13(10-16)17-7-4-5-8-17/h12-13H,4-11,16H2,1-3H3. The van der Waals surface area contributed by atoms with Crippen LogP contribution in [0, 0.1) is 5.92 Å². The Morgan fingerprint density at radius 1 is 1.30 bits per heavy atom. The first kappa shape index (κ1) is 15.6. The molecule has 2 N–H and O–H groups in total. The lowest BCUT2D eigenvalue weighted by Gasteiger charge is -2.31. The highest BCUT2D eigenvalue weighted by Gasteiger charge is 2.36. The molecule has 2 heterocycles. The van der Waals surface area contributed by atoms with Crippen molar-refractivity contribution in [3.63, 3.8) is 0 Å². The van der Waals surface area contributed by atoms with E-state index in [1.165, 1.54) is 12.8 Å². The second-order valence-corrected chi connectivity index (χ2v) is 7.02. The lowest BCUT2D eigenvalue weighted by atomic mass is 9.98. The maximum atomic E-state index is 12.1. The molecule has 0 aliphatic carbocycles. The van der Waals surface area contributed by atoms with E-state index in [0.717, 1.165) is 32.6 Å². The van der Waals surface area contributed by atoms with E-state index < -0.39 is 5.60 Å². The van der Waals surface area contributed by atoms with Crippen molar-refractivity contribution in [2.45, 2.75) is 51.7 Å². The molecule has 5 nitrogen and oxygen atoms in total. The molecule has 2 aliphatic heterocycles. The molecule has 0 aromatic carbocycles. The summed E-state index contributed by atoms with van der Waals surface area (Å²) in [5.74, 6) is 0.491. The number of ether oxygens (including phenoxy) is 1. The summed E-state index contributed by atoms with van der Waals surface area (Å²) in [6, 6.07) is 0.421. The first-order chi connectivity index (χ1) is 9.40. The predicted octanol–water partition coefficient (Wildman–Crippen LogP) is 1.67. The highest BCUT2D eigenvalue weighted by molar-refractivity contribution is 5.68. The predicted molar refractivity (Wildman–Crippen MR) is 79.6 cm³/mol.